The third-order valence-corrected chi connectivity index (χ3v) is 4.28. The maximum Gasteiger partial charge on any atom is 0.0591 e. The third-order valence-electron chi connectivity index (χ3n) is 2.20. The molecule has 0 bridgehead atoms. The van der Waals surface area contributed by atoms with E-state index in [1.165, 1.54) is 20.6 Å². The van der Waals surface area contributed by atoms with Crippen molar-refractivity contribution in [3.05, 3.63) is 20.3 Å². The summed E-state index contributed by atoms with van der Waals surface area (Å²) in [5.41, 5.74) is 0. The van der Waals surface area contributed by atoms with E-state index in [-0.39, 0.29) is 0 Å². The monoisotopic (exact) mass is 305 g/mol. The van der Waals surface area contributed by atoms with Gasteiger partial charge in [-0.25, -0.2) is 0 Å². The van der Waals surface area contributed by atoms with Crippen molar-refractivity contribution in [3.8, 4) is 0 Å². The van der Waals surface area contributed by atoms with Gasteiger partial charge in [-0.1, -0.05) is 6.92 Å². The van der Waals surface area contributed by atoms with Crippen molar-refractivity contribution in [2.75, 3.05) is 26.3 Å². The van der Waals surface area contributed by atoms with E-state index in [0.717, 1.165) is 32.7 Å². The first-order chi connectivity index (χ1) is 7.74. The Bertz CT molecular complexity index is 301. The zero-order valence-corrected chi connectivity index (χ0v) is 12.4. The second kappa shape index (κ2) is 8.23. The first kappa shape index (κ1) is 14.2. The van der Waals surface area contributed by atoms with Gasteiger partial charge in [-0.3, -0.25) is 0 Å². The van der Waals surface area contributed by atoms with E-state index in [0.29, 0.717) is 0 Å². The summed E-state index contributed by atoms with van der Waals surface area (Å²) in [6, 6.07) is 2.17. The van der Waals surface area contributed by atoms with Gasteiger partial charge in [0.15, 0.2) is 0 Å². The van der Waals surface area contributed by atoms with Crippen LogP contribution < -0.4 is 5.32 Å². The van der Waals surface area contributed by atoms with Crippen molar-refractivity contribution in [1.82, 2.24) is 5.32 Å². The summed E-state index contributed by atoms with van der Waals surface area (Å²) >= 11 is 5.41. The molecular formula is C12H20BrNOS. The molecule has 0 saturated carbocycles. The van der Waals surface area contributed by atoms with E-state index in [4.69, 9.17) is 4.74 Å². The Kier molecular flexibility index (Phi) is 7.28. The number of rotatable bonds is 8. The molecule has 0 aliphatic heterocycles. The number of nitrogens with one attached hydrogen (secondary N) is 1. The maximum absolute atomic E-state index is 5.57. The number of halogens is 1. The molecule has 0 unspecified atom stereocenters. The van der Waals surface area contributed by atoms with Crippen LogP contribution in [-0.4, -0.2) is 26.3 Å². The first-order valence-electron chi connectivity index (χ1n) is 5.77. The fourth-order valence-corrected chi connectivity index (χ4v) is 3.26. The van der Waals surface area contributed by atoms with Crippen LogP contribution in [0.3, 0.4) is 0 Å². The lowest BCUT2D eigenvalue weighted by molar-refractivity contribution is 0.139. The van der Waals surface area contributed by atoms with Crippen molar-refractivity contribution in [3.63, 3.8) is 0 Å². The number of thiophene rings is 1. The molecule has 92 valence electrons. The van der Waals surface area contributed by atoms with Crippen molar-refractivity contribution in [2.24, 2.45) is 0 Å². The molecule has 1 rings (SSSR count). The van der Waals surface area contributed by atoms with Gasteiger partial charge in [0.2, 0.25) is 0 Å². The lowest BCUT2D eigenvalue weighted by Gasteiger charge is -2.04. The van der Waals surface area contributed by atoms with Crippen LogP contribution in [0.15, 0.2) is 10.5 Å². The molecule has 0 aromatic carbocycles. The van der Waals surface area contributed by atoms with E-state index in [9.17, 15) is 0 Å². The summed E-state index contributed by atoms with van der Waals surface area (Å²) in [6.07, 6.45) is 2.19. The Morgan fingerprint density at radius 3 is 2.81 bits per heavy atom. The van der Waals surface area contributed by atoms with Crippen LogP contribution >= 0.6 is 27.3 Å². The van der Waals surface area contributed by atoms with Crippen LogP contribution in [0.25, 0.3) is 0 Å². The van der Waals surface area contributed by atoms with Crippen molar-refractivity contribution >= 4 is 27.3 Å². The molecule has 0 radical (unpaired) electrons. The Hall–Kier alpha value is 0.100. The second-order valence-corrected chi connectivity index (χ2v) is 5.94. The average Bonchev–Trinajstić information content (AvgIpc) is 2.56. The van der Waals surface area contributed by atoms with Gasteiger partial charge in [0, 0.05) is 27.2 Å². The molecule has 0 amide bonds. The molecule has 0 fully saturated rings. The summed E-state index contributed by atoms with van der Waals surface area (Å²) in [6.45, 7) is 7.96. The second-order valence-electron chi connectivity index (χ2n) is 3.74. The van der Waals surface area contributed by atoms with Gasteiger partial charge in [-0.05, 0) is 41.9 Å². The number of hydrogen-bond donors (Lipinski definition) is 1. The molecule has 0 aliphatic rings. The molecule has 4 heteroatoms. The summed E-state index contributed by atoms with van der Waals surface area (Å²) in [7, 11) is 0. The van der Waals surface area contributed by atoms with Gasteiger partial charge >= 0.3 is 0 Å². The highest BCUT2D eigenvalue weighted by Gasteiger charge is 2.03. The highest BCUT2D eigenvalue weighted by Crippen LogP contribution is 2.26. The quantitative estimate of drug-likeness (QED) is 0.744. The molecular weight excluding hydrogens is 286 g/mol. The van der Waals surface area contributed by atoms with Crippen LogP contribution in [0.1, 0.15) is 23.1 Å². The number of ether oxygens (including phenoxy) is 1. The molecule has 1 N–H and O–H groups in total. The lowest BCUT2D eigenvalue weighted by Crippen LogP contribution is -2.20. The summed E-state index contributed by atoms with van der Waals surface area (Å²) in [5.74, 6) is 0. The Labute approximate surface area is 111 Å². The first-order valence-corrected chi connectivity index (χ1v) is 7.38. The summed E-state index contributed by atoms with van der Waals surface area (Å²) < 4.78 is 6.80. The standard InChI is InChI=1S/C12H20BrNOS/c1-3-5-14-6-8-15-7-4-12-11(13)9-10(2)16-12/h9,14H,3-8H2,1-2H3. The Balaban J connectivity index is 2.05. The van der Waals surface area contributed by atoms with Gasteiger partial charge in [0.25, 0.3) is 0 Å². The van der Waals surface area contributed by atoms with Gasteiger partial charge < -0.3 is 10.1 Å². The molecule has 1 aromatic rings. The van der Waals surface area contributed by atoms with E-state index >= 15 is 0 Å². The van der Waals surface area contributed by atoms with Gasteiger partial charge in [-0.2, -0.15) is 0 Å². The topological polar surface area (TPSA) is 21.3 Å². The Morgan fingerprint density at radius 1 is 1.38 bits per heavy atom. The zero-order chi connectivity index (χ0) is 11.8. The Morgan fingerprint density at radius 2 is 2.19 bits per heavy atom. The largest absolute Gasteiger partial charge is 0.380 e. The number of aryl methyl sites for hydroxylation is 1. The maximum atomic E-state index is 5.57. The summed E-state index contributed by atoms with van der Waals surface area (Å²) in [5, 5.41) is 3.32. The van der Waals surface area contributed by atoms with E-state index < -0.39 is 0 Å². The minimum atomic E-state index is 0.808. The van der Waals surface area contributed by atoms with Crippen molar-refractivity contribution < 1.29 is 4.74 Å². The molecule has 0 spiro atoms. The number of hydrogen-bond acceptors (Lipinski definition) is 3. The van der Waals surface area contributed by atoms with Gasteiger partial charge in [0.1, 0.15) is 0 Å². The predicted molar refractivity (Wildman–Crippen MR) is 74.4 cm³/mol. The predicted octanol–water partition coefficient (Wildman–Crippen LogP) is 3.38. The molecule has 1 heterocycles. The van der Waals surface area contributed by atoms with Crippen molar-refractivity contribution in [2.45, 2.75) is 26.7 Å². The fourth-order valence-electron chi connectivity index (χ4n) is 1.41. The minimum absolute atomic E-state index is 0.808. The van der Waals surface area contributed by atoms with Gasteiger partial charge in [-0.15, -0.1) is 11.3 Å². The van der Waals surface area contributed by atoms with Crippen LogP contribution in [0.2, 0.25) is 0 Å². The van der Waals surface area contributed by atoms with Gasteiger partial charge in [0.05, 0.1) is 13.2 Å². The molecule has 0 saturated heterocycles. The summed E-state index contributed by atoms with van der Waals surface area (Å²) in [4.78, 5) is 2.74. The minimum Gasteiger partial charge on any atom is -0.380 e. The third kappa shape index (κ3) is 5.43. The average molecular weight is 306 g/mol. The van der Waals surface area contributed by atoms with Crippen LogP contribution in [0, 0.1) is 6.92 Å². The van der Waals surface area contributed by atoms with Crippen LogP contribution in [0.4, 0.5) is 0 Å². The lowest BCUT2D eigenvalue weighted by atomic mass is 10.3. The highest BCUT2D eigenvalue weighted by atomic mass is 79.9. The smallest absolute Gasteiger partial charge is 0.0591 e. The molecule has 2 nitrogen and oxygen atoms in total. The van der Waals surface area contributed by atoms with Crippen LogP contribution in [0.5, 0.6) is 0 Å². The van der Waals surface area contributed by atoms with Crippen LogP contribution in [-0.2, 0) is 11.2 Å². The normalized spacial score (nSPS) is 10.9. The van der Waals surface area contributed by atoms with E-state index in [1.54, 1.807) is 0 Å². The molecule has 1 aromatic heterocycles. The molecule has 0 atom stereocenters. The van der Waals surface area contributed by atoms with Crippen molar-refractivity contribution in [1.29, 1.82) is 0 Å². The van der Waals surface area contributed by atoms with E-state index in [1.807, 2.05) is 11.3 Å². The fraction of sp³-hybridized carbons (Fsp3) is 0.667. The molecule has 0 aliphatic carbocycles. The zero-order valence-electron chi connectivity index (χ0n) is 10.0. The highest BCUT2D eigenvalue weighted by molar-refractivity contribution is 9.10. The van der Waals surface area contributed by atoms with E-state index in [2.05, 4.69) is 41.2 Å². The molecule has 16 heavy (non-hydrogen) atoms. The SMILES string of the molecule is CCCNCCOCCc1sc(C)cc1Br.